The standard InChI is InChI=1S/C13H10Br2N2O2/c14-10-2-1-3-11(15)12(10)17-7-9-5-4-8(6-16-9)13(18)19/h1-6,17H,7H2,(H,18,19). The van der Waals surface area contributed by atoms with Crippen LogP contribution in [0.15, 0.2) is 45.5 Å². The van der Waals surface area contributed by atoms with E-state index >= 15 is 0 Å². The Morgan fingerprint density at radius 1 is 1.21 bits per heavy atom. The predicted octanol–water partition coefficient (Wildman–Crippen LogP) is 3.92. The van der Waals surface area contributed by atoms with E-state index in [4.69, 9.17) is 5.11 Å². The zero-order valence-electron chi connectivity index (χ0n) is 9.73. The Morgan fingerprint density at radius 3 is 2.42 bits per heavy atom. The van der Waals surface area contributed by atoms with Crippen molar-refractivity contribution in [2.45, 2.75) is 6.54 Å². The van der Waals surface area contributed by atoms with Gasteiger partial charge in [0.1, 0.15) is 0 Å². The molecule has 0 aliphatic rings. The van der Waals surface area contributed by atoms with Gasteiger partial charge in [-0.15, -0.1) is 0 Å². The SMILES string of the molecule is O=C(O)c1ccc(CNc2c(Br)cccc2Br)nc1. The van der Waals surface area contributed by atoms with Crippen LogP contribution in [0.3, 0.4) is 0 Å². The van der Waals surface area contributed by atoms with Gasteiger partial charge in [-0.3, -0.25) is 4.98 Å². The highest BCUT2D eigenvalue weighted by molar-refractivity contribution is 9.11. The minimum atomic E-state index is -0.972. The van der Waals surface area contributed by atoms with E-state index in [1.807, 2.05) is 18.2 Å². The van der Waals surface area contributed by atoms with Crippen LogP contribution < -0.4 is 5.32 Å². The zero-order valence-corrected chi connectivity index (χ0v) is 12.9. The second-order valence-corrected chi connectivity index (χ2v) is 5.50. The number of nitrogens with zero attached hydrogens (tertiary/aromatic N) is 1. The first-order valence-electron chi connectivity index (χ1n) is 5.44. The first-order chi connectivity index (χ1) is 9.08. The number of hydrogen-bond donors (Lipinski definition) is 2. The van der Waals surface area contributed by atoms with Gasteiger partial charge in [-0.25, -0.2) is 4.79 Å². The van der Waals surface area contributed by atoms with Crippen LogP contribution in [0.25, 0.3) is 0 Å². The maximum absolute atomic E-state index is 10.7. The van der Waals surface area contributed by atoms with Crippen LogP contribution in [0.5, 0.6) is 0 Å². The Labute approximate surface area is 127 Å². The van der Waals surface area contributed by atoms with Gasteiger partial charge in [-0.05, 0) is 56.1 Å². The number of aromatic carboxylic acids is 1. The van der Waals surface area contributed by atoms with Crippen molar-refractivity contribution >= 4 is 43.5 Å². The second-order valence-electron chi connectivity index (χ2n) is 3.79. The number of hydrogen-bond acceptors (Lipinski definition) is 3. The molecule has 2 rings (SSSR count). The maximum Gasteiger partial charge on any atom is 0.337 e. The molecule has 6 heteroatoms. The largest absolute Gasteiger partial charge is 0.478 e. The van der Waals surface area contributed by atoms with Crippen LogP contribution in [0, 0.1) is 0 Å². The van der Waals surface area contributed by atoms with E-state index < -0.39 is 5.97 Å². The van der Waals surface area contributed by atoms with Crippen molar-refractivity contribution < 1.29 is 9.90 Å². The van der Waals surface area contributed by atoms with Crippen LogP contribution >= 0.6 is 31.9 Å². The molecule has 0 atom stereocenters. The van der Waals surface area contributed by atoms with Crippen molar-refractivity contribution in [1.82, 2.24) is 4.98 Å². The Bertz CT molecular complexity index is 580. The minimum Gasteiger partial charge on any atom is -0.478 e. The van der Waals surface area contributed by atoms with Crippen molar-refractivity contribution in [1.29, 1.82) is 0 Å². The lowest BCUT2D eigenvalue weighted by Crippen LogP contribution is -2.04. The number of halogens is 2. The number of carboxylic acids is 1. The summed E-state index contributed by atoms with van der Waals surface area (Å²) in [6, 6.07) is 9.05. The van der Waals surface area contributed by atoms with E-state index in [1.54, 1.807) is 12.1 Å². The molecule has 0 unspecified atom stereocenters. The number of carbonyl (C=O) groups is 1. The third-order valence-corrected chi connectivity index (χ3v) is 3.80. The minimum absolute atomic E-state index is 0.186. The lowest BCUT2D eigenvalue weighted by molar-refractivity contribution is 0.0696. The number of para-hydroxylation sites is 1. The molecule has 0 aliphatic heterocycles. The molecular formula is C13H10Br2N2O2. The summed E-state index contributed by atoms with van der Waals surface area (Å²) >= 11 is 6.92. The molecule has 1 heterocycles. The monoisotopic (exact) mass is 384 g/mol. The predicted molar refractivity (Wildman–Crippen MR) is 80.4 cm³/mol. The molecule has 2 N–H and O–H groups in total. The Hall–Kier alpha value is -1.40. The Balaban J connectivity index is 2.08. The summed E-state index contributed by atoms with van der Waals surface area (Å²) in [5.41, 5.74) is 1.89. The third-order valence-electron chi connectivity index (χ3n) is 2.48. The number of benzene rings is 1. The summed E-state index contributed by atoms with van der Waals surface area (Å²) < 4.78 is 1.90. The summed E-state index contributed by atoms with van der Waals surface area (Å²) in [5, 5.41) is 12.0. The molecule has 0 fully saturated rings. The van der Waals surface area contributed by atoms with Crippen LogP contribution in [-0.4, -0.2) is 16.1 Å². The molecule has 0 saturated heterocycles. The normalized spacial score (nSPS) is 10.2. The molecule has 1 aromatic heterocycles. The van der Waals surface area contributed by atoms with Crippen LogP contribution in [0.2, 0.25) is 0 Å². The smallest absolute Gasteiger partial charge is 0.337 e. The van der Waals surface area contributed by atoms with Gasteiger partial charge in [-0.1, -0.05) is 6.07 Å². The lowest BCUT2D eigenvalue weighted by atomic mass is 10.2. The van der Waals surface area contributed by atoms with Gasteiger partial charge >= 0.3 is 5.97 Å². The number of carboxylic acid groups (broad SMARTS) is 1. The van der Waals surface area contributed by atoms with Crippen molar-refractivity contribution in [3.8, 4) is 0 Å². The lowest BCUT2D eigenvalue weighted by Gasteiger charge is -2.10. The molecule has 0 aliphatic carbocycles. The highest BCUT2D eigenvalue weighted by atomic mass is 79.9. The number of rotatable bonds is 4. The average Bonchev–Trinajstić information content (AvgIpc) is 2.38. The highest BCUT2D eigenvalue weighted by Crippen LogP contribution is 2.30. The average molecular weight is 386 g/mol. The molecule has 19 heavy (non-hydrogen) atoms. The van der Waals surface area contributed by atoms with Crippen molar-refractivity contribution in [3.05, 3.63) is 56.7 Å². The molecule has 98 valence electrons. The van der Waals surface area contributed by atoms with E-state index in [2.05, 4.69) is 42.2 Å². The van der Waals surface area contributed by atoms with Crippen molar-refractivity contribution in [3.63, 3.8) is 0 Å². The fourth-order valence-electron chi connectivity index (χ4n) is 1.50. The van der Waals surface area contributed by atoms with E-state index in [0.717, 1.165) is 20.3 Å². The summed E-state index contributed by atoms with van der Waals surface area (Å²) in [4.78, 5) is 14.8. The summed E-state index contributed by atoms with van der Waals surface area (Å²) in [6.07, 6.45) is 1.36. The number of pyridine rings is 1. The van der Waals surface area contributed by atoms with Crippen molar-refractivity contribution in [2.24, 2.45) is 0 Å². The Morgan fingerprint density at radius 2 is 1.89 bits per heavy atom. The van der Waals surface area contributed by atoms with E-state index in [-0.39, 0.29) is 5.56 Å². The van der Waals surface area contributed by atoms with E-state index in [1.165, 1.54) is 6.20 Å². The molecule has 0 bridgehead atoms. The van der Waals surface area contributed by atoms with E-state index in [9.17, 15) is 4.79 Å². The van der Waals surface area contributed by atoms with Gasteiger partial charge in [0.2, 0.25) is 0 Å². The number of nitrogens with one attached hydrogen (secondary N) is 1. The van der Waals surface area contributed by atoms with Crippen LogP contribution in [0.4, 0.5) is 5.69 Å². The third kappa shape index (κ3) is 3.54. The van der Waals surface area contributed by atoms with Gasteiger partial charge in [0, 0.05) is 15.1 Å². The maximum atomic E-state index is 10.7. The van der Waals surface area contributed by atoms with Crippen molar-refractivity contribution in [2.75, 3.05) is 5.32 Å². The fraction of sp³-hybridized carbons (Fsp3) is 0.0769. The molecule has 0 spiro atoms. The summed E-state index contributed by atoms with van der Waals surface area (Å²) in [5.74, 6) is -0.972. The fourth-order valence-corrected chi connectivity index (χ4v) is 2.78. The first-order valence-corrected chi connectivity index (χ1v) is 7.02. The molecule has 4 nitrogen and oxygen atoms in total. The van der Waals surface area contributed by atoms with Gasteiger partial charge in [0.05, 0.1) is 23.5 Å². The highest BCUT2D eigenvalue weighted by Gasteiger charge is 2.06. The van der Waals surface area contributed by atoms with E-state index in [0.29, 0.717) is 6.54 Å². The summed E-state index contributed by atoms with van der Waals surface area (Å²) in [6.45, 7) is 0.515. The van der Waals surface area contributed by atoms with Gasteiger partial charge < -0.3 is 10.4 Å². The molecule has 0 amide bonds. The van der Waals surface area contributed by atoms with Crippen LogP contribution in [0.1, 0.15) is 16.1 Å². The quantitative estimate of drug-likeness (QED) is 0.837. The molecule has 1 aromatic carbocycles. The Kier molecular flexibility index (Phi) is 4.55. The summed E-state index contributed by atoms with van der Waals surface area (Å²) in [7, 11) is 0. The second kappa shape index (κ2) is 6.16. The van der Waals surface area contributed by atoms with Crippen LogP contribution in [-0.2, 0) is 6.54 Å². The zero-order chi connectivity index (χ0) is 13.8. The van der Waals surface area contributed by atoms with Gasteiger partial charge in [0.15, 0.2) is 0 Å². The molecule has 0 radical (unpaired) electrons. The van der Waals surface area contributed by atoms with Gasteiger partial charge in [0.25, 0.3) is 0 Å². The molecular weight excluding hydrogens is 376 g/mol. The first kappa shape index (κ1) is 14.0. The van der Waals surface area contributed by atoms with Gasteiger partial charge in [-0.2, -0.15) is 0 Å². The topological polar surface area (TPSA) is 62.2 Å². The number of anilines is 1. The molecule has 0 saturated carbocycles. The number of aromatic nitrogens is 1. The molecule has 2 aromatic rings.